The van der Waals surface area contributed by atoms with Crippen molar-refractivity contribution in [1.29, 1.82) is 0 Å². The predicted octanol–water partition coefficient (Wildman–Crippen LogP) is 3.33. The summed E-state index contributed by atoms with van der Waals surface area (Å²) in [5.41, 5.74) is 1.38. The van der Waals surface area contributed by atoms with Crippen LogP contribution < -0.4 is 0 Å². The quantitative estimate of drug-likeness (QED) is 0.564. The first kappa shape index (κ1) is 18.5. The van der Waals surface area contributed by atoms with E-state index in [9.17, 15) is 0 Å². The second-order valence-electron chi connectivity index (χ2n) is 6.41. The van der Waals surface area contributed by atoms with Crippen molar-refractivity contribution in [3.63, 3.8) is 0 Å². The van der Waals surface area contributed by atoms with Crippen LogP contribution in [0, 0.1) is 0 Å². The lowest BCUT2D eigenvalue weighted by Crippen LogP contribution is -2.46. The van der Waals surface area contributed by atoms with Gasteiger partial charge < -0.3 is 9.47 Å². The first-order chi connectivity index (χ1) is 11.7. The Labute approximate surface area is 154 Å². The molecule has 2 saturated heterocycles. The molecule has 1 aromatic rings. The van der Waals surface area contributed by atoms with Gasteiger partial charge in [-0.25, -0.2) is 4.31 Å². The van der Waals surface area contributed by atoms with Gasteiger partial charge in [0, 0.05) is 38.2 Å². The highest BCUT2D eigenvalue weighted by atomic mass is 32.2. The summed E-state index contributed by atoms with van der Waals surface area (Å²) in [6.07, 6.45) is 4.51. The van der Waals surface area contributed by atoms with Gasteiger partial charge in [-0.05, 0) is 55.3 Å². The molecule has 0 saturated carbocycles. The fourth-order valence-corrected chi connectivity index (χ4v) is 5.04. The van der Waals surface area contributed by atoms with Crippen LogP contribution in [0.25, 0.3) is 0 Å². The highest BCUT2D eigenvalue weighted by Crippen LogP contribution is 2.34. The van der Waals surface area contributed by atoms with E-state index in [0.717, 1.165) is 52.4 Å². The maximum atomic E-state index is 5.80. The Hall–Kier alpha value is -0.240. The molecule has 0 amide bonds. The van der Waals surface area contributed by atoms with Crippen LogP contribution >= 0.6 is 23.7 Å². The van der Waals surface area contributed by atoms with Crippen LogP contribution in [0.15, 0.2) is 29.2 Å². The van der Waals surface area contributed by atoms with E-state index in [1.807, 2.05) is 30.8 Å². The zero-order valence-electron chi connectivity index (χ0n) is 14.7. The zero-order chi connectivity index (χ0) is 16.8. The van der Waals surface area contributed by atoms with Crippen molar-refractivity contribution in [3.05, 3.63) is 29.8 Å². The van der Waals surface area contributed by atoms with Crippen molar-refractivity contribution in [3.8, 4) is 0 Å². The lowest BCUT2D eigenvalue weighted by atomic mass is 10.1. The molecule has 2 heterocycles. The van der Waals surface area contributed by atoms with Crippen LogP contribution in [0.2, 0.25) is 0 Å². The van der Waals surface area contributed by atoms with Gasteiger partial charge in [0.2, 0.25) is 0 Å². The number of morpholine rings is 1. The standard InChI is InChI=1S/C18H28N2O2S2/c1-21-18(23-2)8-3-9-19(15-18)14-16-4-6-17(7-5-16)24-20-10-12-22-13-11-20/h4-7H,3,8-15H2,1-2H3. The molecule has 4 nitrogen and oxygen atoms in total. The highest BCUT2D eigenvalue weighted by Gasteiger charge is 2.34. The molecule has 2 aliphatic rings. The maximum Gasteiger partial charge on any atom is 0.125 e. The summed E-state index contributed by atoms with van der Waals surface area (Å²) in [6, 6.07) is 9.03. The topological polar surface area (TPSA) is 24.9 Å². The summed E-state index contributed by atoms with van der Waals surface area (Å²) in [4.78, 5) is 3.81. The van der Waals surface area contributed by atoms with Gasteiger partial charge in [0.1, 0.15) is 4.93 Å². The molecule has 2 aliphatic heterocycles. The van der Waals surface area contributed by atoms with Crippen molar-refractivity contribution in [1.82, 2.24) is 9.21 Å². The first-order valence-electron chi connectivity index (χ1n) is 8.65. The van der Waals surface area contributed by atoms with Gasteiger partial charge >= 0.3 is 0 Å². The molecule has 0 bridgehead atoms. The number of likely N-dealkylation sites (tertiary alicyclic amines) is 1. The molecule has 0 aliphatic carbocycles. The van der Waals surface area contributed by atoms with E-state index in [0.29, 0.717) is 0 Å². The number of methoxy groups -OCH3 is 1. The molecule has 0 spiro atoms. The van der Waals surface area contributed by atoms with Crippen molar-refractivity contribution >= 4 is 23.7 Å². The lowest BCUT2D eigenvalue weighted by Gasteiger charge is -2.40. The second-order valence-corrected chi connectivity index (χ2v) is 8.73. The molecule has 24 heavy (non-hydrogen) atoms. The minimum absolute atomic E-state index is 0.0234. The summed E-state index contributed by atoms with van der Waals surface area (Å²) in [7, 11) is 1.84. The molecule has 2 fully saturated rings. The fraction of sp³-hybridized carbons (Fsp3) is 0.667. The monoisotopic (exact) mass is 368 g/mol. The Bertz CT molecular complexity index is 502. The summed E-state index contributed by atoms with van der Waals surface area (Å²) in [6.45, 7) is 6.88. The Morgan fingerprint density at radius 1 is 1.17 bits per heavy atom. The van der Waals surface area contributed by atoms with E-state index in [2.05, 4.69) is 39.7 Å². The van der Waals surface area contributed by atoms with E-state index >= 15 is 0 Å². The average Bonchev–Trinajstić information content (AvgIpc) is 2.64. The van der Waals surface area contributed by atoms with Crippen LogP contribution in [0.3, 0.4) is 0 Å². The molecule has 1 unspecified atom stereocenters. The van der Waals surface area contributed by atoms with Crippen LogP contribution in [0.5, 0.6) is 0 Å². The first-order valence-corrected chi connectivity index (χ1v) is 10.7. The van der Waals surface area contributed by atoms with Crippen molar-refractivity contribution < 1.29 is 9.47 Å². The van der Waals surface area contributed by atoms with E-state index in [1.54, 1.807) is 0 Å². The molecular weight excluding hydrogens is 340 g/mol. The van der Waals surface area contributed by atoms with Gasteiger partial charge in [0.25, 0.3) is 0 Å². The Morgan fingerprint density at radius 3 is 2.58 bits per heavy atom. The third-order valence-corrected chi connectivity index (χ3v) is 7.12. The van der Waals surface area contributed by atoms with Crippen LogP contribution in [0.1, 0.15) is 18.4 Å². The lowest BCUT2D eigenvalue weighted by molar-refractivity contribution is 0.00217. The number of benzene rings is 1. The van der Waals surface area contributed by atoms with Crippen molar-refractivity contribution in [2.24, 2.45) is 0 Å². The number of hydrogen-bond donors (Lipinski definition) is 0. The smallest absolute Gasteiger partial charge is 0.125 e. The number of thioether (sulfide) groups is 1. The third-order valence-electron chi connectivity index (χ3n) is 4.77. The number of hydrogen-bond acceptors (Lipinski definition) is 6. The van der Waals surface area contributed by atoms with Gasteiger partial charge in [-0.1, -0.05) is 12.1 Å². The highest BCUT2D eigenvalue weighted by molar-refractivity contribution is 7.99. The van der Waals surface area contributed by atoms with Gasteiger partial charge in [0.05, 0.1) is 13.2 Å². The molecule has 0 N–H and O–H groups in total. The van der Waals surface area contributed by atoms with E-state index in [4.69, 9.17) is 9.47 Å². The third kappa shape index (κ3) is 4.90. The Morgan fingerprint density at radius 2 is 1.92 bits per heavy atom. The summed E-state index contributed by atoms with van der Waals surface area (Å²) < 4.78 is 13.6. The van der Waals surface area contributed by atoms with Crippen LogP contribution in [-0.4, -0.2) is 66.9 Å². The van der Waals surface area contributed by atoms with Crippen molar-refractivity contribution in [2.45, 2.75) is 29.2 Å². The molecule has 0 aromatic heterocycles. The number of piperidine rings is 1. The molecular formula is C18H28N2O2S2. The minimum Gasteiger partial charge on any atom is -0.379 e. The second kappa shape index (κ2) is 8.92. The summed E-state index contributed by atoms with van der Waals surface area (Å²) in [5, 5.41) is 0. The molecule has 6 heteroatoms. The Kier molecular flexibility index (Phi) is 6.89. The number of ether oxygens (including phenoxy) is 2. The van der Waals surface area contributed by atoms with E-state index in [1.165, 1.54) is 16.9 Å². The fourth-order valence-electron chi connectivity index (χ4n) is 3.32. The summed E-state index contributed by atoms with van der Waals surface area (Å²) >= 11 is 3.69. The molecule has 1 atom stereocenters. The average molecular weight is 369 g/mol. The normalized spacial score (nSPS) is 26.6. The number of rotatable bonds is 6. The van der Waals surface area contributed by atoms with Gasteiger partial charge in [-0.3, -0.25) is 4.90 Å². The minimum atomic E-state index is -0.0234. The largest absolute Gasteiger partial charge is 0.379 e. The molecule has 0 radical (unpaired) electrons. The number of nitrogens with zero attached hydrogens (tertiary/aromatic N) is 2. The summed E-state index contributed by atoms with van der Waals surface area (Å²) in [5.74, 6) is 0. The van der Waals surface area contributed by atoms with E-state index in [-0.39, 0.29) is 4.93 Å². The predicted molar refractivity (Wildman–Crippen MR) is 102 cm³/mol. The van der Waals surface area contributed by atoms with Gasteiger partial charge in [-0.15, -0.1) is 11.8 Å². The van der Waals surface area contributed by atoms with Crippen LogP contribution in [0.4, 0.5) is 0 Å². The van der Waals surface area contributed by atoms with Crippen molar-refractivity contribution in [2.75, 3.05) is 52.8 Å². The SMILES string of the molecule is COC1(SC)CCCN(Cc2ccc(SN3CCOCC3)cc2)C1. The van der Waals surface area contributed by atoms with Gasteiger partial charge in [0.15, 0.2) is 0 Å². The Balaban J connectivity index is 1.53. The van der Waals surface area contributed by atoms with E-state index < -0.39 is 0 Å². The molecule has 1 aromatic carbocycles. The van der Waals surface area contributed by atoms with Gasteiger partial charge in [-0.2, -0.15) is 0 Å². The maximum absolute atomic E-state index is 5.80. The molecule has 134 valence electrons. The van der Waals surface area contributed by atoms with Crippen LogP contribution in [-0.2, 0) is 16.0 Å². The molecule has 3 rings (SSSR count). The zero-order valence-corrected chi connectivity index (χ0v) is 16.3.